The largest absolute Gasteiger partial charge is 0.460 e. The van der Waals surface area contributed by atoms with E-state index >= 15 is 0 Å². The predicted octanol–water partition coefficient (Wildman–Crippen LogP) is 3.75. The summed E-state index contributed by atoms with van der Waals surface area (Å²) in [5, 5.41) is 0. The maximum atomic E-state index is 12.0. The van der Waals surface area contributed by atoms with Gasteiger partial charge in [0.05, 0.1) is 5.92 Å². The maximum absolute atomic E-state index is 12.0. The van der Waals surface area contributed by atoms with Crippen molar-refractivity contribution in [3.63, 3.8) is 0 Å². The van der Waals surface area contributed by atoms with Gasteiger partial charge >= 0.3 is 5.97 Å². The molecule has 17 heavy (non-hydrogen) atoms. The highest BCUT2D eigenvalue weighted by Crippen LogP contribution is 2.24. The van der Waals surface area contributed by atoms with Gasteiger partial charge in [-0.05, 0) is 52.7 Å². The molecule has 0 saturated carbocycles. The number of carbonyl (C=O) groups is 1. The normalized spacial score (nSPS) is 13.3. The molecular weight excluding hydrogens is 212 g/mol. The lowest BCUT2D eigenvalue weighted by atomic mass is 9.94. The third kappa shape index (κ3) is 3.88. The Labute approximate surface area is 104 Å². The molecule has 2 heteroatoms. The summed E-state index contributed by atoms with van der Waals surface area (Å²) in [6, 6.07) is 6.16. The Kier molecular flexibility index (Phi) is 3.97. The predicted molar refractivity (Wildman–Crippen MR) is 70.2 cm³/mol. The van der Waals surface area contributed by atoms with E-state index in [1.807, 2.05) is 47.6 Å². The molecule has 0 fully saturated rings. The zero-order valence-corrected chi connectivity index (χ0v) is 11.6. The Hall–Kier alpha value is -1.31. The lowest BCUT2D eigenvalue weighted by molar-refractivity contribution is -0.156. The van der Waals surface area contributed by atoms with E-state index in [-0.39, 0.29) is 11.9 Å². The van der Waals surface area contributed by atoms with Crippen LogP contribution in [0.1, 0.15) is 50.3 Å². The summed E-state index contributed by atoms with van der Waals surface area (Å²) in [6.45, 7) is 11.6. The molecule has 0 saturated heterocycles. The molecule has 1 rings (SSSR count). The van der Waals surface area contributed by atoms with E-state index in [0.29, 0.717) is 0 Å². The highest BCUT2D eigenvalue weighted by molar-refractivity contribution is 5.78. The van der Waals surface area contributed by atoms with E-state index in [9.17, 15) is 4.79 Å². The van der Waals surface area contributed by atoms with Crippen LogP contribution in [0.5, 0.6) is 0 Å². The van der Waals surface area contributed by atoms with Crippen LogP contribution in [-0.2, 0) is 9.53 Å². The summed E-state index contributed by atoms with van der Waals surface area (Å²) in [5.41, 5.74) is 2.93. The summed E-state index contributed by atoms with van der Waals surface area (Å²) in [7, 11) is 0. The van der Waals surface area contributed by atoms with Gasteiger partial charge in [0, 0.05) is 0 Å². The molecule has 0 aliphatic heterocycles. The van der Waals surface area contributed by atoms with Crippen LogP contribution in [0, 0.1) is 13.8 Å². The average molecular weight is 234 g/mol. The molecule has 2 nitrogen and oxygen atoms in total. The molecule has 94 valence electrons. The number of ether oxygens (including phenoxy) is 1. The first-order valence-corrected chi connectivity index (χ1v) is 6.01. The van der Waals surface area contributed by atoms with Gasteiger partial charge in [-0.2, -0.15) is 0 Å². The van der Waals surface area contributed by atoms with Crippen molar-refractivity contribution in [1.29, 1.82) is 0 Å². The van der Waals surface area contributed by atoms with Gasteiger partial charge in [0.15, 0.2) is 0 Å². The van der Waals surface area contributed by atoms with Gasteiger partial charge in [-0.1, -0.05) is 23.8 Å². The Morgan fingerprint density at radius 3 is 2.35 bits per heavy atom. The molecule has 0 amide bonds. The summed E-state index contributed by atoms with van der Waals surface area (Å²) in [6.07, 6.45) is 0. The Bertz CT molecular complexity index is 413. The van der Waals surface area contributed by atoms with Gasteiger partial charge < -0.3 is 4.74 Å². The lowest BCUT2D eigenvalue weighted by Crippen LogP contribution is -2.27. The second-order valence-corrected chi connectivity index (χ2v) is 5.62. The molecule has 1 aromatic carbocycles. The van der Waals surface area contributed by atoms with Gasteiger partial charge in [0.25, 0.3) is 0 Å². The van der Waals surface area contributed by atoms with Crippen molar-refractivity contribution in [1.82, 2.24) is 0 Å². The minimum atomic E-state index is -0.428. The first-order chi connectivity index (χ1) is 7.70. The summed E-state index contributed by atoms with van der Waals surface area (Å²) in [5.74, 6) is -0.375. The molecule has 0 aliphatic carbocycles. The van der Waals surface area contributed by atoms with Crippen molar-refractivity contribution < 1.29 is 9.53 Å². The van der Waals surface area contributed by atoms with E-state index in [0.717, 1.165) is 11.1 Å². The molecule has 1 unspecified atom stereocenters. The van der Waals surface area contributed by atoms with Crippen LogP contribution in [0.2, 0.25) is 0 Å². The Morgan fingerprint density at radius 1 is 1.24 bits per heavy atom. The molecule has 1 aromatic rings. The second-order valence-electron chi connectivity index (χ2n) is 5.62. The van der Waals surface area contributed by atoms with Gasteiger partial charge in [0.2, 0.25) is 0 Å². The van der Waals surface area contributed by atoms with Crippen LogP contribution < -0.4 is 0 Å². The lowest BCUT2D eigenvalue weighted by Gasteiger charge is -2.23. The average Bonchev–Trinajstić information content (AvgIpc) is 2.18. The minimum absolute atomic E-state index is 0.161. The van der Waals surface area contributed by atoms with Crippen LogP contribution in [0.4, 0.5) is 0 Å². The molecule has 0 spiro atoms. The smallest absolute Gasteiger partial charge is 0.313 e. The fraction of sp³-hybridized carbons (Fsp3) is 0.533. The van der Waals surface area contributed by atoms with Crippen molar-refractivity contribution >= 4 is 5.97 Å². The molecule has 0 aliphatic rings. The SMILES string of the molecule is Cc1ccc(C)c(C(C)C(=O)OC(C)(C)C)c1. The number of benzene rings is 1. The van der Waals surface area contributed by atoms with Crippen molar-refractivity contribution in [3.8, 4) is 0 Å². The third-order valence-electron chi connectivity index (χ3n) is 2.66. The van der Waals surface area contributed by atoms with Crippen molar-refractivity contribution in [2.75, 3.05) is 0 Å². The molecule has 1 atom stereocenters. The van der Waals surface area contributed by atoms with Gasteiger partial charge in [-0.15, -0.1) is 0 Å². The highest BCUT2D eigenvalue weighted by atomic mass is 16.6. The van der Waals surface area contributed by atoms with Crippen LogP contribution in [0.15, 0.2) is 18.2 Å². The standard InChI is InChI=1S/C15H22O2/c1-10-7-8-11(2)13(9-10)12(3)14(16)17-15(4,5)6/h7-9,12H,1-6H3. The number of rotatable bonds is 2. The van der Waals surface area contributed by atoms with Crippen LogP contribution in [-0.4, -0.2) is 11.6 Å². The Morgan fingerprint density at radius 2 is 1.82 bits per heavy atom. The molecular formula is C15H22O2. The third-order valence-corrected chi connectivity index (χ3v) is 2.66. The first kappa shape index (κ1) is 13.8. The number of carbonyl (C=O) groups excluding carboxylic acids is 1. The fourth-order valence-corrected chi connectivity index (χ4v) is 1.74. The van der Waals surface area contributed by atoms with E-state index in [1.54, 1.807) is 0 Å². The van der Waals surface area contributed by atoms with Crippen LogP contribution in [0.3, 0.4) is 0 Å². The monoisotopic (exact) mass is 234 g/mol. The van der Waals surface area contributed by atoms with Crippen molar-refractivity contribution in [2.45, 2.75) is 53.1 Å². The summed E-state index contributed by atoms with van der Waals surface area (Å²) < 4.78 is 5.41. The van der Waals surface area contributed by atoms with E-state index in [1.165, 1.54) is 5.56 Å². The zero-order valence-electron chi connectivity index (χ0n) is 11.6. The number of esters is 1. The number of hydrogen-bond acceptors (Lipinski definition) is 2. The maximum Gasteiger partial charge on any atom is 0.313 e. The quantitative estimate of drug-likeness (QED) is 0.728. The molecule has 0 heterocycles. The van der Waals surface area contributed by atoms with Crippen molar-refractivity contribution in [2.24, 2.45) is 0 Å². The molecule has 0 aromatic heterocycles. The highest BCUT2D eigenvalue weighted by Gasteiger charge is 2.23. The fourth-order valence-electron chi connectivity index (χ4n) is 1.74. The van der Waals surface area contributed by atoms with Crippen LogP contribution in [0.25, 0.3) is 0 Å². The van der Waals surface area contributed by atoms with Crippen molar-refractivity contribution in [3.05, 3.63) is 34.9 Å². The Balaban J connectivity index is 2.92. The summed E-state index contributed by atoms with van der Waals surface area (Å²) >= 11 is 0. The van der Waals surface area contributed by atoms with Gasteiger partial charge in [-0.3, -0.25) is 4.79 Å². The number of aryl methyl sites for hydroxylation is 2. The first-order valence-electron chi connectivity index (χ1n) is 6.01. The van der Waals surface area contributed by atoms with Gasteiger partial charge in [-0.25, -0.2) is 0 Å². The van der Waals surface area contributed by atoms with Crippen LogP contribution >= 0.6 is 0 Å². The molecule has 0 radical (unpaired) electrons. The van der Waals surface area contributed by atoms with E-state index in [4.69, 9.17) is 4.74 Å². The minimum Gasteiger partial charge on any atom is -0.460 e. The zero-order chi connectivity index (χ0) is 13.2. The van der Waals surface area contributed by atoms with E-state index < -0.39 is 5.60 Å². The number of hydrogen-bond donors (Lipinski definition) is 0. The topological polar surface area (TPSA) is 26.3 Å². The summed E-state index contributed by atoms with van der Waals surface area (Å²) in [4.78, 5) is 12.0. The van der Waals surface area contributed by atoms with Gasteiger partial charge in [0.1, 0.15) is 5.60 Å². The van der Waals surface area contributed by atoms with E-state index in [2.05, 4.69) is 12.1 Å². The molecule has 0 N–H and O–H groups in total. The molecule has 0 bridgehead atoms. The second kappa shape index (κ2) is 4.91.